The first-order chi connectivity index (χ1) is 10.1. The summed E-state index contributed by atoms with van der Waals surface area (Å²) >= 11 is 2.30. The fourth-order valence-electron chi connectivity index (χ4n) is 2.16. The maximum absolute atomic E-state index is 8.73. The molecule has 0 aliphatic rings. The molecule has 4 nitrogen and oxygen atoms in total. The van der Waals surface area contributed by atoms with Crippen LogP contribution in [0.1, 0.15) is 16.7 Å². The molecule has 2 aromatic rings. The standard InChI is InChI=1S/C16H18IN3O/c1-20(10-12-5-7-15(17)8-6-12)11-13-3-2-4-14(9-13)16(18)19-21/h2-9,21H,10-11H2,1H3,(H2,18,19). The average molecular weight is 395 g/mol. The van der Waals surface area contributed by atoms with Crippen LogP contribution in [0.25, 0.3) is 0 Å². The van der Waals surface area contributed by atoms with Gasteiger partial charge in [0, 0.05) is 22.2 Å². The van der Waals surface area contributed by atoms with E-state index in [4.69, 9.17) is 10.9 Å². The summed E-state index contributed by atoms with van der Waals surface area (Å²) in [7, 11) is 2.08. The second-order valence-electron chi connectivity index (χ2n) is 4.98. The molecule has 0 aliphatic heterocycles. The van der Waals surface area contributed by atoms with E-state index in [1.54, 1.807) is 0 Å². The third-order valence-corrected chi connectivity index (χ3v) is 3.87. The smallest absolute Gasteiger partial charge is 0.170 e. The third kappa shape index (κ3) is 4.71. The van der Waals surface area contributed by atoms with Gasteiger partial charge in [-0.05, 0) is 59.0 Å². The van der Waals surface area contributed by atoms with Crippen molar-refractivity contribution >= 4 is 28.4 Å². The van der Waals surface area contributed by atoms with Crippen molar-refractivity contribution in [2.45, 2.75) is 13.1 Å². The molecule has 0 saturated carbocycles. The molecule has 0 radical (unpaired) electrons. The molecule has 21 heavy (non-hydrogen) atoms. The Hall–Kier alpha value is -1.60. The maximum Gasteiger partial charge on any atom is 0.170 e. The van der Waals surface area contributed by atoms with Gasteiger partial charge < -0.3 is 10.9 Å². The molecule has 2 aromatic carbocycles. The number of halogens is 1. The van der Waals surface area contributed by atoms with Gasteiger partial charge in [0.15, 0.2) is 5.84 Å². The van der Waals surface area contributed by atoms with E-state index in [0.717, 1.165) is 24.2 Å². The molecule has 0 bridgehead atoms. The lowest BCUT2D eigenvalue weighted by Crippen LogP contribution is -2.18. The van der Waals surface area contributed by atoms with Gasteiger partial charge in [-0.2, -0.15) is 0 Å². The molecule has 0 amide bonds. The SMILES string of the molecule is CN(Cc1ccc(I)cc1)Cc1cccc(C(N)=NO)c1. The summed E-state index contributed by atoms with van der Waals surface area (Å²) in [4.78, 5) is 2.23. The Bertz CT molecular complexity index is 626. The van der Waals surface area contributed by atoms with Gasteiger partial charge in [-0.25, -0.2) is 0 Å². The number of oxime groups is 1. The number of benzene rings is 2. The average Bonchev–Trinajstić information content (AvgIpc) is 2.49. The third-order valence-electron chi connectivity index (χ3n) is 3.15. The lowest BCUT2D eigenvalue weighted by Gasteiger charge is -2.17. The predicted octanol–water partition coefficient (Wildman–Crippen LogP) is 3.02. The van der Waals surface area contributed by atoms with E-state index in [-0.39, 0.29) is 5.84 Å². The summed E-state index contributed by atoms with van der Waals surface area (Å²) in [5.41, 5.74) is 8.77. The van der Waals surface area contributed by atoms with E-state index < -0.39 is 0 Å². The van der Waals surface area contributed by atoms with Crippen LogP contribution >= 0.6 is 22.6 Å². The van der Waals surface area contributed by atoms with Crippen LogP contribution < -0.4 is 5.73 Å². The summed E-state index contributed by atoms with van der Waals surface area (Å²) in [6, 6.07) is 16.2. The van der Waals surface area contributed by atoms with Crippen LogP contribution in [0.4, 0.5) is 0 Å². The minimum atomic E-state index is 0.136. The highest BCUT2D eigenvalue weighted by Crippen LogP contribution is 2.12. The first-order valence-electron chi connectivity index (χ1n) is 6.58. The van der Waals surface area contributed by atoms with Gasteiger partial charge in [0.25, 0.3) is 0 Å². The van der Waals surface area contributed by atoms with Crippen molar-refractivity contribution in [2.75, 3.05) is 7.05 Å². The summed E-state index contributed by atoms with van der Waals surface area (Å²) in [6.45, 7) is 1.68. The predicted molar refractivity (Wildman–Crippen MR) is 93.3 cm³/mol. The second-order valence-corrected chi connectivity index (χ2v) is 6.23. The van der Waals surface area contributed by atoms with Gasteiger partial charge in [0.05, 0.1) is 0 Å². The van der Waals surface area contributed by atoms with E-state index in [1.165, 1.54) is 9.13 Å². The first kappa shape index (κ1) is 15.8. The Kier molecular flexibility index (Phi) is 5.58. The maximum atomic E-state index is 8.73. The molecule has 0 saturated heterocycles. The zero-order valence-corrected chi connectivity index (χ0v) is 14.0. The van der Waals surface area contributed by atoms with Crippen LogP contribution in [-0.4, -0.2) is 23.0 Å². The lowest BCUT2D eigenvalue weighted by atomic mass is 10.1. The van der Waals surface area contributed by atoms with Crippen molar-refractivity contribution in [2.24, 2.45) is 10.9 Å². The molecule has 0 fully saturated rings. The number of hydrogen-bond acceptors (Lipinski definition) is 3. The zero-order valence-electron chi connectivity index (χ0n) is 11.8. The minimum absolute atomic E-state index is 0.136. The molecular weight excluding hydrogens is 377 g/mol. The van der Waals surface area contributed by atoms with Gasteiger partial charge >= 0.3 is 0 Å². The van der Waals surface area contributed by atoms with Crippen molar-refractivity contribution in [1.82, 2.24) is 4.90 Å². The largest absolute Gasteiger partial charge is 0.409 e. The summed E-state index contributed by atoms with van der Waals surface area (Å²) in [6.07, 6.45) is 0. The molecule has 0 heterocycles. The van der Waals surface area contributed by atoms with Crippen molar-refractivity contribution < 1.29 is 5.21 Å². The molecule has 0 atom stereocenters. The van der Waals surface area contributed by atoms with Gasteiger partial charge in [-0.15, -0.1) is 0 Å². The zero-order chi connectivity index (χ0) is 15.2. The van der Waals surface area contributed by atoms with Crippen LogP contribution in [0.5, 0.6) is 0 Å². The number of amidine groups is 1. The molecule has 0 aromatic heterocycles. The molecule has 3 N–H and O–H groups in total. The molecule has 2 rings (SSSR count). The van der Waals surface area contributed by atoms with Crippen LogP contribution in [0.15, 0.2) is 53.7 Å². The molecule has 110 valence electrons. The van der Waals surface area contributed by atoms with E-state index >= 15 is 0 Å². The highest BCUT2D eigenvalue weighted by atomic mass is 127. The van der Waals surface area contributed by atoms with E-state index in [9.17, 15) is 0 Å². The number of hydrogen-bond donors (Lipinski definition) is 2. The Morgan fingerprint density at radius 2 is 1.81 bits per heavy atom. The van der Waals surface area contributed by atoms with Gasteiger partial charge in [0.2, 0.25) is 0 Å². The molecule has 0 unspecified atom stereocenters. The van der Waals surface area contributed by atoms with Crippen molar-refractivity contribution in [3.63, 3.8) is 0 Å². The van der Waals surface area contributed by atoms with E-state index in [1.807, 2.05) is 24.3 Å². The quantitative estimate of drug-likeness (QED) is 0.269. The molecule has 0 aliphatic carbocycles. The second kappa shape index (κ2) is 7.42. The topological polar surface area (TPSA) is 61.8 Å². The fraction of sp³-hybridized carbons (Fsp3) is 0.188. The minimum Gasteiger partial charge on any atom is -0.409 e. The lowest BCUT2D eigenvalue weighted by molar-refractivity contribution is 0.318. The highest BCUT2D eigenvalue weighted by Gasteiger charge is 2.05. The summed E-state index contributed by atoms with van der Waals surface area (Å²) < 4.78 is 1.24. The first-order valence-corrected chi connectivity index (χ1v) is 7.66. The van der Waals surface area contributed by atoms with Crippen LogP contribution in [0.3, 0.4) is 0 Å². The summed E-state index contributed by atoms with van der Waals surface area (Å²) in [5, 5.41) is 11.8. The van der Waals surface area contributed by atoms with Crippen LogP contribution in [-0.2, 0) is 13.1 Å². The number of nitrogens with zero attached hydrogens (tertiary/aromatic N) is 2. The number of nitrogens with two attached hydrogens (primary N) is 1. The van der Waals surface area contributed by atoms with Gasteiger partial charge in [-0.3, -0.25) is 4.90 Å². The molecule has 0 spiro atoms. The fourth-order valence-corrected chi connectivity index (χ4v) is 2.52. The molecular formula is C16H18IN3O. The Balaban J connectivity index is 2.02. The summed E-state index contributed by atoms with van der Waals surface area (Å²) in [5.74, 6) is 0.136. The van der Waals surface area contributed by atoms with Crippen LogP contribution in [0.2, 0.25) is 0 Å². The van der Waals surface area contributed by atoms with Crippen molar-refractivity contribution in [3.8, 4) is 0 Å². The Morgan fingerprint density at radius 1 is 1.14 bits per heavy atom. The monoisotopic (exact) mass is 395 g/mol. The van der Waals surface area contributed by atoms with E-state index in [0.29, 0.717) is 0 Å². The van der Waals surface area contributed by atoms with Crippen LogP contribution in [0, 0.1) is 3.57 Å². The van der Waals surface area contributed by atoms with Crippen molar-refractivity contribution in [3.05, 3.63) is 68.8 Å². The number of rotatable bonds is 5. The Labute approximate surface area is 138 Å². The normalized spacial score (nSPS) is 11.9. The van der Waals surface area contributed by atoms with E-state index in [2.05, 4.69) is 64.0 Å². The highest BCUT2D eigenvalue weighted by molar-refractivity contribution is 14.1. The Morgan fingerprint density at radius 3 is 2.48 bits per heavy atom. The van der Waals surface area contributed by atoms with Gasteiger partial charge in [0.1, 0.15) is 0 Å². The molecule has 5 heteroatoms. The van der Waals surface area contributed by atoms with Gasteiger partial charge in [-0.1, -0.05) is 35.5 Å². The van der Waals surface area contributed by atoms with Crippen molar-refractivity contribution in [1.29, 1.82) is 0 Å².